The molecule has 3 nitrogen and oxygen atoms in total. The second kappa shape index (κ2) is 5.36. The van der Waals surface area contributed by atoms with Crippen molar-refractivity contribution in [3.8, 4) is 0 Å². The van der Waals surface area contributed by atoms with Crippen LogP contribution in [0.4, 0.5) is 0 Å². The van der Waals surface area contributed by atoms with Crippen molar-refractivity contribution in [3.63, 3.8) is 0 Å². The Morgan fingerprint density at radius 1 is 1.31 bits per heavy atom. The van der Waals surface area contributed by atoms with Crippen LogP contribution in [0.3, 0.4) is 0 Å². The summed E-state index contributed by atoms with van der Waals surface area (Å²) in [6.07, 6.45) is 0. The van der Waals surface area contributed by atoms with Crippen LogP contribution < -0.4 is 5.73 Å². The molecule has 0 heterocycles. The summed E-state index contributed by atoms with van der Waals surface area (Å²) in [4.78, 5) is 0. The number of benzene rings is 1. The molecule has 1 unspecified atom stereocenters. The lowest BCUT2D eigenvalue weighted by Crippen LogP contribution is -2.26. The summed E-state index contributed by atoms with van der Waals surface area (Å²) in [6.45, 7) is 1.66. The van der Waals surface area contributed by atoms with Gasteiger partial charge in [-0.2, -0.15) is 0 Å². The maximum absolute atomic E-state index is 11.7. The molecule has 0 amide bonds. The lowest BCUT2D eigenvalue weighted by molar-refractivity contribution is 0.589. The zero-order valence-electron chi connectivity index (χ0n) is 8.78. The summed E-state index contributed by atoms with van der Waals surface area (Å²) in [5.41, 5.74) is 6.08. The molecule has 90 valence electrons. The number of nitrogens with two attached hydrogens (primary N) is 1. The number of rotatable bonds is 4. The number of hydrogen-bond donors (Lipinski definition) is 1. The minimum Gasteiger partial charge on any atom is -0.327 e. The quantitative estimate of drug-likeness (QED) is 0.921. The first-order chi connectivity index (χ1) is 7.30. The highest BCUT2D eigenvalue weighted by molar-refractivity contribution is 7.90. The molecule has 1 rings (SSSR count). The SMILES string of the molecule is CC(N)CS(=O)(=O)Cc1ccc(Cl)c(Cl)c1. The molecule has 0 aromatic heterocycles. The molecule has 0 saturated carbocycles. The van der Waals surface area contributed by atoms with E-state index in [4.69, 9.17) is 28.9 Å². The van der Waals surface area contributed by atoms with E-state index in [1.54, 1.807) is 25.1 Å². The smallest absolute Gasteiger partial charge is 0.155 e. The fourth-order valence-corrected chi connectivity index (χ4v) is 3.27. The minimum atomic E-state index is -3.19. The van der Waals surface area contributed by atoms with Gasteiger partial charge in [-0.15, -0.1) is 0 Å². The first kappa shape index (κ1) is 13.8. The molecule has 1 atom stereocenters. The number of hydrogen-bond acceptors (Lipinski definition) is 3. The van der Waals surface area contributed by atoms with Crippen LogP contribution >= 0.6 is 23.2 Å². The molecular formula is C10H13Cl2NO2S. The van der Waals surface area contributed by atoms with Gasteiger partial charge in [-0.1, -0.05) is 29.3 Å². The van der Waals surface area contributed by atoms with E-state index in [0.29, 0.717) is 15.6 Å². The van der Waals surface area contributed by atoms with E-state index in [0.717, 1.165) is 0 Å². The van der Waals surface area contributed by atoms with E-state index < -0.39 is 9.84 Å². The molecule has 6 heteroatoms. The van der Waals surface area contributed by atoms with Gasteiger partial charge in [0.2, 0.25) is 0 Å². The fourth-order valence-electron chi connectivity index (χ4n) is 1.34. The molecule has 0 bridgehead atoms. The van der Waals surface area contributed by atoms with Gasteiger partial charge in [-0.05, 0) is 24.6 Å². The molecule has 1 aromatic rings. The van der Waals surface area contributed by atoms with Crippen LogP contribution in [0.5, 0.6) is 0 Å². The highest BCUT2D eigenvalue weighted by atomic mass is 35.5. The Bertz CT molecular complexity index is 472. The Morgan fingerprint density at radius 2 is 1.94 bits per heavy atom. The van der Waals surface area contributed by atoms with Crippen molar-refractivity contribution < 1.29 is 8.42 Å². The van der Waals surface area contributed by atoms with Crippen molar-refractivity contribution in [1.29, 1.82) is 0 Å². The van der Waals surface area contributed by atoms with Gasteiger partial charge in [0.15, 0.2) is 9.84 Å². The first-order valence-electron chi connectivity index (χ1n) is 4.70. The summed E-state index contributed by atoms with van der Waals surface area (Å²) in [6, 6.07) is 4.42. The zero-order chi connectivity index (χ0) is 12.3. The predicted molar refractivity (Wildman–Crippen MR) is 67.6 cm³/mol. The molecule has 2 N–H and O–H groups in total. The van der Waals surface area contributed by atoms with Crippen molar-refractivity contribution in [2.45, 2.75) is 18.7 Å². The van der Waals surface area contributed by atoms with Crippen LogP contribution in [0.2, 0.25) is 10.0 Å². The molecule has 0 spiro atoms. The van der Waals surface area contributed by atoms with Crippen LogP contribution in [0.25, 0.3) is 0 Å². The van der Waals surface area contributed by atoms with Gasteiger partial charge in [0.1, 0.15) is 0 Å². The van der Waals surface area contributed by atoms with Crippen LogP contribution in [-0.2, 0) is 15.6 Å². The first-order valence-corrected chi connectivity index (χ1v) is 7.28. The maximum Gasteiger partial charge on any atom is 0.155 e. The lowest BCUT2D eigenvalue weighted by atomic mass is 10.2. The van der Waals surface area contributed by atoms with Crippen molar-refractivity contribution in [1.82, 2.24) is 0 Å². The molecular weight excluding hydrogens is 269 g/mol. The molecule has 16 heavy (non-hydrogen) atoms. The van der Waals surface area contributed by atoms with Gasteiger partial charge >= 0.3 is 0 Å². The summed E-state index contributed by atoms with van der Waals surface area (Å²) < 4.78 is 23.3. The van der Waals surface area contributed by atoms with E-state index in [2.05, 4.69) is 0 Å². The fraction of sp³-hybridized carbons (Fsp3) is 0.400. The Kier molecular flexibility index (Phi) is 4.62. The lowest BCUT2D eigenvalue weighted by Gasteiger charge is -2.07. The van der Waals surface area contributed by atoms with E-state index in [-0.39, 0.29) is 17.5 Å². The van der Waals surface area contributed by atoms with E-state index in [1.165, 1.54) is 0 Å². The monoisotopic (exact) mass is 281 g/mol. The molecule has 0 radical (unpaired) electrons. The van der Waals surface area contributed by atoms with Gasteiger partial charge in [0.05, 0.1) is 21.6 Å². The third kappa shape index (κ3) is 4.29. The molecule has 1 aromatic carbocycles. The van der Waals surface area contributed by atoms with Gasteiger partial charge in [-0.3, -0.25) is 0 Å². The Labute approximate surface area is 105 Å². The van der Waals surface area contributed by atoms with Crippen molar-refractivity contribution in [3.05, 3.63) is 33.8 Å². The third-order valence-electron chi connectivity index (χ3n) is 1.89. The van der Waals surface area contributed by atoms with E-state index >= 15 is 0 Å². The van der Waals surface area contributed by atoms with Gasteiger partial charge in [-0.25, -0.2) is 8.42 Å². The molecule has 0 saturated heterocycles. The molecule has 0 aliphatic heterocycles. The number of sulfone groups is 1. The normalized spacial score (nSPS) is 13.8. The minimum absolute atomic E-state index is 0.0345. The molecule has 0 aliphatic carbocycles. The largest absolute Gasteiger partial charge is 0.327 e. The third-order valence-corrected chi connectivity index (χ3v) is 4.43. The second-order valence-electron chi connectivity index (χ2n) is 3.78. The summed E-state index contributed by atoms with van der Waals surface area (Å²) >= 11 is 11.5. The summed E-state index contributed by atoms with van der Waals surface area (Å²) in [5, 5.41) is 0.769. The van der Waals surface area contributed by atoms with Crippen molar-refractivity contribution in [2.75, 3.05) is 5.75 Å². The van der Waals surface area contributed by atoms with Gasteiger partial charge in [0.25, 0.3) is 0 Å². The van der Waals surface area contributed by atoms with Crippen molar-refractivity contribution in [2.24, 2.45) is 5.73 Å². The second-order valence-corrected chi connectivity index (χ2v) is 6.70. The average Bonchev–Trinajstić information content (AvgIpc) is 2.08. The highest BCUT2D eigenvalue weighted by Crippen LogP contribution is 2.23. The van der Waals surface area contributed by atoms with E-state index in [9.17, 15) is 8.42 Å². The zero-order valence-corrected chi connectivity index (χ0v) is 11.1. The van der Waals surface area contributed by atoms with Crippen LogP contribution in [-0.4, -0.2) is 20.2 Å². The summed E-state index contributed by atoms with van der Waals surface area (Å²) in [5.74, 6) is -0.0985. The molecule has 0 aliphatic rings. The Balaban J connectivity index is 2.84. The van der Waals surface area contributed by atoms with Crippen LogP contribution in [0, 0.1) is 0 Å². The number of halogens is 2. The Hall–Kier alpha value is -0.290. The average molecular weight is 282 g/mol. The highest BCUT2D eigenvalue weighted by Gasteiger charge is 2.14. The maximum atomic E-state index is 11.7. The van der Waals surface area contributed by atoms with E-state index in [1.807, 2.05) is 0 Å². The standard InChI is InChI=1S/C10H13Cl2NO2S/c1-7(13)5-16(14,15)6-8-2-3-9(11)10(12)4-8/h2-4,7H,5-6,13H2,1H3. The van der Waals surface area contributed by atoms with Gasteiger partial charge in [0, 0.05) is 6.04 Å². The predicted octanol–water partition coefficient (Wildman–Crippen LogP) is 2.26. The van der Waals surface area contributed by atoms with Crippen molar-refractivity contribution >= 4 is 33.0 Å². The summed E-state index contributed by atoms with van der Waals surface area (Å²) in [7, 11) is -3.19. The molecule has 0 fully saturated rings. The Morgan fingerprint density at radius 3 is 2.44 bits per heavy atom. The topological polar surface area (TPSA) is 60.2 Å². The van der Waals surface area contributed by atoms with Crippen LogP contribution in [0.15, 0.2) is 18.2 Å². The van der Waals surface area contributed by atoms with Gasteiger partial charge < -0.3 is 5.73 Å². The van der Waals surface area contributed by atoms with Crippen LogP contribution in [0.1, 0.15) is 12.5 Å².